The number of hydrogen-bond acceptors (Lipinski definition) is 6. The van der Waals surface area contributed by atoms with Crippen LogP contribution in [0.25, 0.3) is 16.9 Å². The third-order valence-corrected chi connectivity index (χ3v) is 5.83. The van der Waals surface area contributed by atoms with E-state index in [-0.39, 0.29) is 0 Å². The molecule has 1 aliphatic rings. The van der Waals surface area contributed by atoms with Gasteiger partial charge in [0.1, 0.15) is 5.82 Å². The number of anilines is 2. The van der Waals surface area contributed by atoms with E-state index in [4.69, 9.17) is 10.1 Å². The molecular weight excluding hydrogens is 386 g/mol. The van der Waals surface area contributed by atoms with Crippen molar-refractivity contribution in [3.8, 4) is 11.3 Å². The summed E-state index contributed by atoms with van der Waals surface area (Å²) in [6.45, 7) is 11.7. The van der Waals surface area contributed by atoms with Crippen LogP contribution in [-0.4, -0.2) is 50.7 Å². The average Bonchev–Trinajstić information content (AvgIpc) is 3.10. The van der Waals surface area contributed by atoms with Gasteiger partial charge in [-0.2, -0.15) is 9.61 Å². The second-order valence-electron chi connectivity index (χ2n) is 8.26. The third kappa shape index (κ3) is 3.60. The normalized spacial score (nSPS) is 14.5. The van der Waals surface area contributed by atoms with Crippen LogP contribution in [0.3, 0.4) is 0 Å². The van der Waals surface area contributed by atoms with Gasteiger partial charge in [-0.15, -0.1) is 0 Å². The van der Waals surface area contributed by atoms with Gasteiger partial charge in [0.15, 0.2) is 5.65 Å². The molecule has 1 aliphatic heterocycles. The van der Waals surface area contributed by atoms with Crippen LogP contribution in [0, 0.1) is 27.7 Å². The Bertz CT molecular complexity index is 1220. The molecule has 0 saturated carbocycles. The molecule has 0 atom stereocenters. The maximum Gasteiger partial charge on any atom is 0.225 e. The average molecular weight is 414 g/mol. The molecule has 3 aromatic heterocycles. The minimum atomic E-state index is 0.828. The quantitative estimate of drug-likeness (QED) is 0.510. The predicted molar refractivity (Wildman–Crippen MR) is 124 cm³/mol. The SMILES string of the molecule is Cc1cc(C)nc(N2CCN(c3cc(C)nc4c(C)c(-c5ccccc5)nn34)CC2)n1. The zero-order chi connectivity index (χ0) is 21.5. The Morgan fingerprint density at radius 3 is 2.00 bits per heavy atom. The highest BCUT2D eigenvalue weighted by Crippen LogP contribution is 2.28. The number of piperazine rings is 1. The van der Waals surface area contributed by atoms with E-state index in [0.717, 1.165) is 77.5 Å². The molecule has 0 N–H and O–H groups in total. The van der Waals surface area contributed by atoms with Crippen LogP contribution in [0.15, 0.2) is 42.5 Å². The van der Waals surface area contributed by atoms with Gasteiger partial charge in [-0.25, -0.2) is 15.0 Å². The summed E-state index contributed by atoms with van der Waals surface area (Å²) in [5.74, 6) is 1.92. The Kier molecular flexibility index (Phi) is 4.81. The molecule has 0 aliphatic carbocycles. The molecule has 0 unspecified atom stereocenters. The fourth-order valence-electron chi connectivity index (χ4n) is 4.31. The smallest absolute Gasteiger partial charge is 0.225 e. The molecule has 4 heterocycles. The number of fused-ring (bicyclic) bond motifs is 1. The molecule has 1 saturated heterocycles. The van der Waals surface area contributed by atoms with Gasteiger partial charge in [0.2, 0.25) is 5.95 Å². The maximum absolute atomic E-state index is 4.97. The summed E-state index contributed by atoms with van der Waals surface area (Å²) < 4.78 is 2.01. The number of nitrogens with zero attached hydrogens (tertiary/aromatic N) is 7. The van der Waals surface area contributed by atoms with Crippen molar-refractivity contribution in [1.82, 2.24) is 24.6 Å². The highest BCUT2D eigenvalue weighted by Gasteiger charge is 2.23. The van der Waals surface area contributed by atoms with E-state index in [1.807, 2.05) is 42.6 Å². The summed E-state index contributed by atoms with van der Waals surface area (Å²) in [7, 11) is 0. The van der Waals surface area contributed by atoms with Crippen LogP contribution in [0.4, 0.5) is 11.8 Å². The predicted octanol–water partition coefficient (Wildman–Crippen LogP) is 3.75. The first-order valence-electron chi connectivity index (χ1n) is 10.7. The van der Waals surface area contributed by atoms with Crippen molar-refractivity contribution in [3.05, 3.63) is 65.1 Å². The molecule has 1 aromatic carbocycles. The van der Waals surface area contributed by atoms with Gasteiger partial charge >= 0.3 is 0 Å². The van der Waals surface area contributed by atoms with Gasteiger partial charge in [-0.05, 0) is 33.8 Å². The van der Waals surface area contributed by atoms with E-state index in [9.17, 15) is 0 Å². The van der Waals surface area contributed by atoms with E-state index in [1.54, 1.807) is 0 Å². The Labute approximate surface area is 182 Å². The van der Waals surface area contributed by atoms with Gasteiger partial charge in [-0.1, -0.05) is 30.3 Å². The molecular formula is C24H27N7. The first-order chi connectivity index (χ1) is 15.0. The van der Waals surface area contributed by atoms with Crippen LogP contribution in [0.5, 0.6) is 0 Å². The first kappa shape index (κ1) is 19.5. The molecule has 7 nitrogen and oxygen atoms in total. The fourth-order valence-corrected chi connectivity index (χ4v) is 4.31. The third-order valence-electron chi connectivity index (χ3n) is 5.83. The molecule has 1 fully saturated rings. The monoisotopic (exact) mass is 413 g/mol. The highest BCUT2D eigenvalue weighted by molar-refractivity contribution is 5.71. The number of aromatic nitrogens is 5. The molecule has 4 aromatic rings. The second-order valence-corrected chi connectivity index (χ2v) is 8.26. The second kappa shape index (κ2) is 7.65. The number of hydrogen-bond donors (Lipinski definition) is 0. The lowest BCUT2D eigenvalue weighted by Gasteiger charge is -2.36. The fraction of sp³-hybridized carbons (Fsp3) is 0.333. The van der Waals surface area contributed by atoms with Crippen molar-refractivity contribution in [2.45, 2.75) is 27.7 Å². The molecule has 31 heavy (non-hydrogen) atoms. The molecule has 0 radical (unpaired) electrons. The zero-order valence-corrected chi connectivity index (χ0v) is 18.5. The van der Waals surface area contributed by atoms with Crippen molar-refractivity contribution >= 4 is 17.4 Å². The van der Waals surface area contributed by atoms with Gasteiger partial charge in [0, 0.05) is 60.5 Å². The van der Waals surface area contributed by atoms with Crippen molar-refractivity contribution in [2.75, 3.05) is 36.0 Å². The summed E-state index contributed by atoms with van der Waals surface area (Å²) >= 11 is 0. The van der Waals surface area contributed by atoms with Crippen molar-refractivity contribution < 1.29 is 0 Å². The Morgan fingerprint density at radius 1 is 0.710 bits per heavy atom. The van der Waals surface area contributed by atoms with E-state index in [1.165, 1.54) is 0 Å². The lowest BCUT2D eigenvalue weighted by atomic mass is 10.1. The van der Waals surface area contributed by atoms with E-state index in [2.05, 4.69) is 51.8 Å². The van der Waals surface area contributed by atoms with Crippen molar-refractivity contribution in [1.29, 1.82) is 0 Å². The minimum absolute atomic E-state index is 0.828. The van der Waals surface area contributed by atoms with Gasteiger partial charge in [0.05, 0.1) is 5.69 Å². The minimum Gasteiger partial charge on any atom is -0.353 e. The van der Waals surface area contributed by atoms with Crippen molar-refractivity contribution in [2.24, 2.45) is 0 Å². The summed E-state index contributed by atoms with van der Waals surface area (Å²) in [6, 6.07) is 14.5. The largest absolute Gasteiger partial charge is 0.353 e. The molecule has 0 spiro atoms. The van der Waals surface area contributed by atoms with Crippen LogP contribution in [0.2, 0.25) is 0 Å². The summed E-state index contributed by atoms with van der Waals surface area (Å²) in [4.78, 5) is 18.7. The molecule has 0 amide bonds. The number of benzene rings is 1. The lowest BCUT2D eigenvalue weighted by molar-refractivity contribution is 0.625. The summed E-state index contributed by atoms with van der Waals surface area (Å²) in [5.41, 5.74) is 7.17. The standard InChI is InChI=1S/C24H27N7/c1-16-14-17(2)27-24(26-16)30-12-10-29(11-13-30)21-15-18(3)25-23-19(4)22(28-31(21)23)20-8-6-5-7-9-20/h5-9,14-15H,10-13H2,1-4H3. The summed E-state index contributed by atoms with van der Waals surface area (Å²) in [6.07, 6.45) is 0. The zero-order valence-electron chi connectivity index (χ0n) is 18.5. The molecule has 5 rings (SSSR count). The number of rotatable bonds is 3. The maximum atomic E-state index is 4.97. The first-order valence-corrected chi connectivity index (χ1v) is 10.7. The van der Waals surface area contributed by atoms with E-state index < -0.39 is 0 Å². The molecule has 158 valence electrons. The van der Waals surface area contributed by atoms with E-state index >= 15 is 0 Å². The Balaban J connectivity index is 1.47. The lowest BCUT2D eigenvalue weighted by Crippen LogP contribution is -2.47. The Morgan fingerprint density at radius 2 is 1.32 bits per heavy atom. The van der Waals surface area contributed by atoms with Crippen LogP contribution in [0.1, 0.15) is 22.6 Å². The van der Waals surface area contributed by atoms with Crippen molar-refractivity contribution in [3.63, 3.8) is 0 Å². The topological polar surface area (TPSA) is 62.5 Å². The molecule has 0 bridgehead atoms. The van der Waals surface area contributed by atoms with Crippen LogP contribution >= 0.6 is 0 Å². The van der Waals surface area contributed by atoms with Gasteiger partial charge < -0.3 is 9.80 Å². The summed E-state index contributed by atoms with van der Waals surface area (Å²) in [5, 5.41) is 4.97. The van der Waals surface area contributed by atoms with E-state index in [0.29, 0.717) is 0 Å². The molecule has 7 heteroatoms. The number of aryl methyl sites for hydroxylation is 4. The highest BCUT2D eigenvalue weighted by atomic mass is 15.4. The van der Waals surface area contributed by atoms with Crippen LogP contribution < -0.4 is 9.80 Å². The van der Waals surface area contributed by atoms with Crippen LogP contribution in [-0.2, 0) is 0 Å². The van der Waals surface area contributed by atoms with Gasteiger partial charge in [0.25, 0.3) is 0 Å². The Hall–Kier alpha value is -3.48. The van der Waals surface area contributed by atoms with Gasteiger partial charge in [-0.3, -0.25) is 0 Å².